The smallest absolute Gasteiger partial charge is 0.335 e. The number of ether oxygens (including phenoxy) is 5. The number of carbonyl (C=O) groups is 4. The molecule has 1 rings (SSSR count). The molecule has 0 aromatic rings. The second-order valence-corrected chi connectivity index (χ2v) is 18.5. The summed E-state index contributed by atoms with van der Waals surface area (Å²) in [6.45, 7) is 5.77. The molecule has 6 unspecified atom stereocenters. The number of aliphatic hydroxyl groups is 2. The number of carboxylic acid groups (broad SMARTS) is 1. The number of aliphatic carboxylic acids is 1. The number of esters is 3. The van der Waals surface area contributed by atoms with Crippen molar-refractivity contribution in [2.24, 2.45) is 0 Å². The van der Waals surface area contributed by atoms with Crippen molar-refractivity contribution in [3.05, 3.63) is 85.1 Å². The van der Waals surface area contributed by atoms with Crippen molar-refractivity contribution in [1.29, 1.82) is 0 Å². The van der Waals surface area contributed by atoms with Crippen molar-refractivity contribution in [2.45, 2.75) is 250 Å². The highest BCUT2D eigenvalue weighted by Crippen LogP contribution is 2.26. The number of unbranched alkanes of at least 4 members (excludes halogenated alkanes) is 17. The molecule has 404 valence electrons. The van der Waals surface area contributed by atoms with E-state index in [0.29, 0.717) is 25.7 Å². The van der Waals surface area contributed by atoms with Gasteiger partial charge in [-0.3, -0.25) is 14.4 Å². The van der Waals surface area contributed by atoms with Crippen LogP contribution in [0, 0.1) is 0 Å². The van der Waals surface area contributed by atoms with E-state index in [2.05, 4.69) is 93.7 Å². The van der Waals surface area contributed by atoms with Crippen molar-refractivity contribution < 1.29 is 58.2 Å². The Morgan fingerprint density at radius 1 is 0.479 bits per heavy atom. The maximum atomic E-state index is 13.0. The van der Waals surface area contributed by atoms with Crippen LogP contribution >= 0.6 is 0 Å². The van der Waals surface area contributed by atoms with Gasteiger partial charge in [0.25, 0.3) is 0 Å². The van der Waals surface area contributed by atoms with Gasteiger partial charge in [0.1, 0.15) is 18.8 Å². The predicted octanol–water partition coefficient (Wildman–Crippen LogP) is 13.6. The minimum absolute atomic E-state index is 0.0214. The van der Waals surface area contributed by atoms with Crippen LogP contribution < -0.4 is 0 Å². The third-order valence-corrected chi connectivity index (χ3v) is 12.0. The van der Waals surface area contributed by atoms with Gasteiger partial charge in [-0.1, -0.05) is 189 Å². The first-order valence-corrected chi connectivity index (χ1v) is 27.6. The van der Waals surface area contributed by atoms with E-state index < -0.39 is 67.3 Å². The lowest BCUT2D eigenvalue weighted by Gasteiger charge is -2.40. The molecule has 0 saturated carbocycles. The van der Waals surface area contributed by atoms with Gasteiger partial charge in [0, 0.05) is 19.3 Å². The summed E-state index contributed by atoms with van der Waals surface area (Å²) >= 11 is 0. The van der Waals surface area contributed by atoms with Crippen LogP contribution in [0.5, 0.6) is 0 Å². The van der Waals surface area contributed by atoms with Crippen LogP contribution in [0.15, 0.2) is 85.1 Å². The number of carbonyl (C=O) groups excluding carboxylic acids is 3. The van der Waals surface area contributed by atoms with Gasteiger partial charge in [0.15, 0.2) is 24.6 Å². The lowest BCUT2D eigenvalue weighted by molar-refractivity contribution is -0.301. The molecule has 0 aromatic heterocycles. The van der Waals surface area contributed by atoms with Crippen molar-refractivity contribution in [1.82, 2.24) is 0 Å². The first kappa shape index (κ1) is 64.9. The molecule has 0 amide bonds. The van der Waals surface area contributed by atoms with Crippen LogP contribution in [0.3, 0.4) is 0 Å². The van der Waals surface area contributed by atoms with Crippen molar-refractivity contribution in [3.8, 4) is 0 Å². The number of hydrogen-bond acceptors (Lipinski definition) is 11. The summed E-state index contributed by atoms with van der Waals surface area (Å²) in [4.78, 5) is 50.9. The fraction of sp³-hybridized carbons (Fsp3) is 0.695. The molecule has 12 nitrogen and oxygen atoms in total. The lowest BCUT2D eigenvalue weighted by atomic mass is 9.98. The summed E-state index contributed by atoms with van der Waals surface area (Å²) in [6.07, 6.45) is 47.2. The molecule has 0 radical (unpaired) electrons. The standard InChI is InChI=1S/C59H96O12/c1-4-7-10-13-16-19-21-23-25-26-28-30-32-35-38-41-44-47-53(62)70-57-55(64)54(63)56(58(65)66)71-59(57)68-49-50(69-52(61)46-43-40-37-33-18-15-12-9-6-3)48-67-51(60)45-42-39-36-34-31-29-27-24-22-20-17-14-11-8-5-2/h7,10,16-17,19-20,23-25,27-28,30,35,38,50,54-57,59,63-64H,4-6,8-9,11-15,18,21-22,26,29,31-34,36-37,39-49H2,1-3H3,(H,65,66)/b10-7-,19-16-,20-17-,25-23-,27-24-,30-28-,38-35-. The highest BCUT2D eigenvalue weighted by atomic mass is 16.7. The van der Waals surface area contributed by atoms with Gasteiger partial charge in [-0.2, -0.15) is 0 Å². The van der Waals surface area contributed by atoms with E-state index in [9.17, 15) is 34.5 Å². The molecule has 6 atom stereocenters. The number of hydrogen-bond donors (Lipinski definition) is 3. The quantitative estimate of drug-likeness (QED) is 0.0228. The third kappa shape index (κ3) is 37.3. The number of carboxylic acids is 1. The Morgan fingerprint density at radius 2 is 0.901 bits per heavy atom. The molecule has 1 heterocycles. The van der Waals surface area contributed by atoms with E-state index in [1.165, 1.54) is 51.4 Å². The molecular weight excluding hydrogens is 901 g/mol. The van der Waals surface area contributed by atoms with Gasteiger partial charge in [-0.05, 0) is 89.9 Å². The fourth-order valence-electron chi connectivity index (χ4n) is 7.73. The summed E-state index contributed by atoms with van der Waals surface area (Å²) in [6, 6.07) is 0. The van der Waals surface area contributed by atoms with Gasteiger partial charge in [-0.25, -0.2) is 4.79 Å². The minimum atomic E-state index is -1.92. The van der Waals surface area contributed by atoms with Gasteiger partial charge >= 0.3 is 23.9 Å². The highest BCUT2D eigenvalue weighted by molar-refractivity contribution is 5.74. The molecular formula is C59H96O12. The van der Waals surface area contributed by atoms with E-state index in [0.717, 1.165) is 96.3 Å². The van der Waals surface area contributed by atoms with E-state index in [1.54, 1.807) is 0 Å². The van der Waals surface area contributed by atoms with E-state index in [1.807, 2.05) is 12.2 Å². The summed E-state index contributed by atoms with van der Waals surface area (Å²) in [5, 5.41) is 31.4. The second kappa shape index (κ2) is 46.9. The van der Waals surface area contributed by atoms with Crippen LogP contribution in [0.4, 0.5) is 0 Å². The van der Waals surface area contributed by atoms with E-state index in [4.69, 9.17) is 23.7 Å². The normalized spacial score (nSPS) is 19.1. The molecule has 71 heavy (non-hydrogen) atoms. The molecule has 0 bridgehead atoms. The minimum Gasteiger partial charge on any atom is -0.479 e. The van der Waals surface area contributed by atoms with Gasteiger partial charge < -0.3 is 39.0 Å². The average molecular weight is 997 g/mol. The molecule has 1 aliphatic heterocycles. The largest absolute Gasteiger partial charge is 0.479 e. The Hall–Kier alpha value is -4.10. The molecule has 1 aliphatic rings. The van der Waals surface area contributed by atoms with Crippen molar-refractivity contribution >= 4 is 23.9 Å². The van der Waals surface area contributed by atoms with Crippen LogP contribution in [0.2, 0.25) is 0 Å². The zero-order valence-electron chi connectivity index (χ0n) is 44.2. The lowest BCUT2D eigenvalue weighted by Crippen LogP contribution is -2.61. The Bertz CT molecular complexity index is 1560. The highest BCUT2D eigenvalue weighted by Gasteiger charge is 2.50. The number of allylic oxidation sites excluding steroid dienone is 14. The van der Waals surface area contributed by atoms with Crippen LogP contribution in [0.25, 0.3) is 0 Å². The molecule has 0 spiro atoms. The first-order valence-electron chi connectivity index (χ1n) is 27.6. The Kier molecular flexibility index (Phi) is 42.9. The fourth-order valence-corrected chi connectivity index (χ4v) is 7.73. The molecule has 0 aromatic carbocycles. The topological polar surface area (TPSA) is 175 Å². The molecule has 1 saturated heterocycles. The van der Waals surface area contributed by atoms with E-state index >= 15 is 0 Å². The summed E-state index contributed by atoms with van der Waals surface area (Å²) in [5.74, 6) is -3.22. The van der Waals surface area contributed by atoms with Gasteiger partial charge in [0.2, 0.25) is 0 Å². The summed E-state index contributed by atoms with van der Waals surface area (Å²) in [5.41, 5.74) is 0. The summed E-state index contributed by atoms with van der Waals surface area (Å²) < 4.78 is 28.2. The third-order valence-electron chi connectivity index (χ3n) is 12.0. The zero-order valence-corrected chi connectivity index (χ0v) is 44.2. The Morgan fingerprint density at radius 3 is 1.42 bits per heavy atom. The van der Waals surface area contributed by atoms with Crippen LogP contribution in [-0.4, -0.2) is 89.2 Å². The molecule has 12 heteroatoms. The number of rotatable bonds is 45. The maximum absolute atomic E-state index is 13.0. The zero-order chi connectivity index (χ0) is 51.8. The molecule has 1 fully saturated rings. The van der Waals surface area contributed by atoms with Gasteiger partial charge in [-0.15, -0.1) is 0 Å². The average Bonchev–Trinajstić information content (AvgIpc) is 3.35. The van der Waals surface area contributed by atoms with Crippen molar-refractivity contribution in [2.75, 3.05) is 13.2 Å². The number of aliphatic hydroxyl groups excluding tert-OH is 2. The van der Waals surface area contributed by atoms with Gasteiger partial charge in [0.05, 0.1) is 6.61 Å². The van der Waals surface area contributed by atoms with Crippen molar-refractivity contribution in [3.63, 3.8) is 0 Å². The second-order valence-electron chi connectivity index (χ2n) is 18.5. The molecule has 0 aliphatic carbocycles. The Labute approximate surface area is 429 Å². The molecule has 3 N–H and O–H groups in total. The van der Waals surface area contributed by atoms with Crippen LogP contribution in [-0.2, 0) is 42.9 Å². The SMILES string of the molecule is CC/C=C\C/C=C\C/C=C\C/C=C\C/C=C\CCCC(=O)OC1C(OCC(COC(=O)CCCCCCC/C=C\C/C=C\CCCCC)OC(=O)CCCCCCCCCCC)OC(C(=O)O)C(O)C1O. The predicted molar refractivity (Wildman–Crippen MR) is 284 cm³/mol. The van der Waals surface area contributed by atoms with Crippen LogP contribution in [0.1, 0.15) is 213 Å². The summed E-state index contributed by atoms with van der Waals surface area (Å²) in [7, 11) is 0. The first-order chi connectivity index (χ1) is 34.6. The maximum Gasteiger partial charge on any atom is 0.335 e. The Balaban J connectivity index is 2.73. The monoisotopic (exact) mass is 997 g/mol. The van der Waals surface area contributed by atoms with E-state index in [-0.39, 0.29) is 25.9 Å².